The number of esters is 1. The minimum Gasteiger partial charge on any atom is -0.459 e. The van der Waals surface area contributed by atoms with Gasteiger partial charge in [0.15, 0.2) is 5.13 Å². The summed E-state index contributed by atoms with van der Waals surface area (Å²) in [5.74, 6) is -0.684. The van der Waals surface area contributed by atoms with Crippen LogP contribution in [0.1, 0.15) is 31.0 Å². The van der Waals surface area contributed by atoms with E-state index in [4.69, 9.17) is 4.74 Å². The highest BCUT2D eigenvalue weighted by Crippen LogP contribution is 2.30. The van der Waals surface area contributed by atoms with Gasteiger partial charge in [-0.2, -0.15) is 0 Å². The first-order valence-corrected chi connectivity index (χ1v) is 12.4. The molecule has 0 unspecified atom stereocenters. The lowest BCUT2D eigenvalue weighted by atomic mass is 9.97. The summed E-state index contributed by atoms with van der Waals surface area (Å²) < 4.78 is 5.52. The van der Waals surface area contributed by atoms with E-state index in [0.29, 0.717) is 36.8 Å². The van der Waals surface area contributed by atoms with E-state index >= 15 is 0 Å². The van der Waals surface area contributed by atoms with Gasteiger partial charge >= 0.3 is 12.0 Å². The first kappa shape index (κ1) is 24.4. The monoisotopic (exact) mass is 492 g/mol. The number of ether oxygens (including phenoxy) is 1. The molecule has 1 aromatic heterocycles. The number of thiazole rings is 1. The maximum Gasteiger partial charge on any atom is 0.321 e. The van der Waals surface area contributed by atoms with Gasteiger partial charge in [0.2, 0.25) is 5.91 Å². The highest BCUT2D eigenvalue weighted by molar-refractivity contribution is 7.14. The molecular formula is C26H28N4O4S. The van der Waals surface area contributed by atoms with Crippen LogP contribution in [0.5, 0.6) is 0 Å². The summed E-state index contributed by atoms with van der Waals surface area (Å²) in [5.41, 5.74) is 3.13. The smallest absolute Gasteiger partial charge is 0.321 e. The van der Waals surface area contributed by atoms with E-state index in [2.05, 4.69) is 10.3 Å². The van der Waals surface area contributed by atoms with Crippen molar-refractivity contribution >= 4 is 45.8 Å². The fourth-order valence-electron chi connectivity index (χ4n) is 3.96. The van der Waals surface area contributed by atoms with Gasteiger partial charge in [-0.05, 0) is 49.6 Å². The molecule has 3 aromatic rings. The van der Waals surface area contributed by atoms with Gasteiger partial charge in [0.05, 0.1) is 17.3 Å². The van der Waals surface area contributed by atoms with Gasteiger partial charge in [-0.25, -0.2) is 9.78 Å². The van der Waals surface area contributed by atoms with Crippen molar-refractivity contribution in [2.75, 3.05) is 23.3 Å². The highest BCUT2D eigenvalue weighted by Gasteiger charge is 2.29. The molecule has 4 rings (SSSR count). The van der Waals surface area contributed by atoms with Gasteiger partial charge < -0.3 is 15.0 Å². The second-order valence-corrected chi connectivity index (χ2v) is 9.32. The van der Waals surface area contributed by atoms with Crippen molar-refractivity contribution < 1.29 is 19.1 Å². The molecule has 35 heavy (non-hydrogen) atoms. The number of likely N-dealkylation sites (tertiary alicyclic amines) is 1. The van der Waals surface area contributed by atoms with Crippen molar-refractivity contribution in [1.82, 2.24) is 9.88 Å². The Hall–Kier alpha value is -3.72. The number of piperidine rings is 1. The predicted octanol–water partition coefficient (Wildman–Crippen LogP) is 5.12. The molecule has 2 aromatic carbocycles. The molecule has 1 saturated heterocycles. The average molecular weight is 493 g/mol. The predicted molar refractivity (Wildman–Crippen MR) is 136 cm³/mol. The molecule has 8 nitrogen and oxygen atoms in total. The Morgan fingerprint density at radius 3 is 2.54 bits per heavy atom. The van der Waals surface area contributed by atoms with Gasteiger partial charge in [-0.1, -0.05) is 30.3 Å². The first-order chi connectivity index (χ1) is 16.9. The molecule has 2 heterocycles. The Bertz CT molecular complexity index is 1190. The van der Waals surface area contributed by atoms with Crippen LogP contribution in [0.25, 0.3) is 0 Å². The van der Waals surface area contributed by atoms with E-state index in [1.54, 1.807) is 15.2 Å². The highest BCUT2D eigenvalue weighted by atomic mass is 32.1. The van der Waals surface area contributed by atoms with Crippen molar-refractivity contribution in [1.29, 1.82) is 0 Å². The number of benzene rings is 2. The largest absolute Gasteiger partial charge is 0.459 e. The zero-order valence-electron chi connectivity index (χ0n) is 19.8. The molecule has 0 atom stereocenters. The van der Waals surface area contributed by atoms with Crippen LogP contribution in [0.3, 0.4) is 0 Å². The normalized spacial score (nSPS) is 13.8. The van der Waals surface area contributed by atoms with E-state index in [1.165, 1.54) is 18.3 Å². The molecule has 1 aliphatic heterocycles. The maximum atomic E-state index is 12.6. The third-order valence-electron chi connectivity index (χ3n) is 5.81. The number of nitrogens with one attached hydrogen (secondary N) is 1. The number of urea groups is 1. The van der Waals surface area contributed by atoms with Crippen LogP contribution >= 0.6 is 11.3 Å². The molecule has 0 aliphatic carbocycles. The van der Waals surface area contributed by atoms with Crippen molar-refractivity contribution in [3.63, 3.8) is 0 Å². The standard InChI is InChI=1S/C26H28N4O4S/c1-18-7-6-10-23(15-18)30(19(2)31)26-28-22(17-35-26)16-34-24(32)20-11-13-29(14-12-20)25(33)27-21-8-4-3-5-9-21/h3-10,15,17,20H,11-14,16H2,1-2H3,(H,27,33). The minimum atomic E-state index is -0.287. The average Bonchev–Trinajstić information content (AvgIpc) is 3.31. The summed E-state index contributed by atoms with van der Waals surface area (Å²) in [7, 11) is 0. The van der Waals surface area contributed by atoms with Crippen molar-refractivity contribution in [2.24, 2.45) is 5.92 Å². The van der Waals surface area contributed by atoms with E-state index in [9.17, 15) is 14.4 Å². The summed E-state index contributed by atoms with van der Waals surface area (Å²) in [6.45, 7) is 4.49. The molecule has 0 spiro atoms. The Kier molecular flexibility index (Phi) is 7.77. The summed E-state index contributed by atoms with van der Waals surface area (Å²) >= 11 is 1.33. The van der Waals surface area contributed by atoms with Gasteiger partial charge in [-0.15, -0.1) is 11.3 Å². The molecule has 0 saturated carbocycles. The van der Waals surface area contributed by atoms with Crippen molar-refractivity contribution in [3.8, 4) is 0 Å². The molecule has 0 radical (unpaired) electrons. The van der Waals surface area contributed by atoms with E-state index in [0.717, 1.165) is 16.9 Å². The van der Waals surface area contributed by atoms with Gasteiger partial charge in [0, 0.05) is 31.1 Å². The summed E-state index contributed by atoms with van der Waals surface area (Å²) in [6, 6.07) is 16.8. The van der Waals surface area contributed by atoms with Crippen LogP contribution in [0.4, 0.5) is 21.3 Å². The van der Waals surface area contributed by atoms with Crippen LogP contribution in [0.15, 0.2) is 60.0 Å². The van der Waals surface area contributed by atoms with Crippen LogP contribution < -0.4 is 10.2 Å². The number of hydrogen-bond acceptors (Lipinski definition) is 6. The van der Waals surface area contributed by atoms with Gasteiger partial charge in [0.25, 0.3) is 0 Å². The number of rotatable bonds is 6. The van der Waals surface area contributed by atoms with Gasteiger partial charge in [-0.3, -0.25) is 14.5 Å². The van der Waals surface area contributed by atoms with E-state index in [1.807, 2.05) is 61.5 Å². The number of carbonyl (C=O) groups is 3. The number of aromatic nitrogens is 1. The van der Waals surface area contributed by atoms with E-state index < -0.39 is 0 Å². The second-order valence-electron chi connectivity index (χ2n) is 8.48. The Morgan fingerprint density at radius 1 is 1.11 bits per heavy atom. The van der Waals surface area contributed by atoms with Crippen LogP contribution in [-0.4, -0.2) is 40.9 Å². The minimum absolute atomic E-state index is 0.0452. The fourth-order valence-corrected chi connectivity index (χ4v) is 4.84. The van der Waals surface area contributed by atoms with Gasteiger partial charge in [0.1, 0.15) is 6.61 Å². The van der Waals surface area contributed by atoms with E-state index in [-0.39, 0.29) is 30.4 Å². The topological polar surface area (TPSA) is 91.8 Å². The number of amides is 3. The number of para-hydroxylation sites is 1. The molecule has 0 bridgehead atoms. The molecular weight excluding hydrogens is 464 g/mol. The lowest BCUT2D eigenvalue weighted by Gasteiger charge is -2.30. The van der Waals surface area contributed by atoms with Crippen LogP contribution in [-0.2, 0) is 20.9 Å². The quantitative estimate of drug-likeness (QED) is 0.482. The Balaban J connectivity index is 1.28. The third-order valence-corrected chi connectivity index (χ3v) is 6.68. The van der Waals surface area contributed by atoms with Crippen LogP contribution in [0, 0.1) is 12.8 Å². The number of nitrogens with zero attached hydrogens (tertiary/aromatic N) is 3. The first-order valence-electron chi connectivity index (χ1n) is 11.5. The molecule has 1 aliphatic rings. The summed E-state index contributed by atoms with van der Waals surface area (Å²) in [5, 5.41) is 5.20. The molecule has 1 fully saturated rings. The zero-order valence-corrected chi connectivity index (χ0v) is 20.6. The third kappa shape index (κ3) is 6.24. The van der Waals surface area contributed by atoms with Crippen LogP contribution in [0.2, 0.25) is 0 Å². The molecule has 3 amide bonds. The number of hydrogen-bond donors (Lipinski definition) is 1. The number of aryl methyl sites for hydroxylation is 1. The molecule has 1 N–H and O–H groups in total. The molecule has 182 valence electrons. The number of anilines is 3. The lowest BCUT2D eigenvalue weighted by Crippen LogP contribution is -2.42. The fraction of sp³-hybridized carbons (Fsp3) is 0.308. The molecule has 9 heteroatoms. The second kappa shape index (κ2) is 11.1. The summed E-state index contributed by atoms with van der Waals surface area (Å²) in [4.78, 5) is 45.1. The SMILES string of the molecule is CC(=O)N(c1cccc(C)c1)c1nc(COC(=O)C2CCN(C(=O)Nc3ccccc3)CC2)cs1. The van der Waals surface area contributed by atoms with Crippen molar-refractivity contribution in [3.05, 3.63) is 71.2 Å². The maximum absolute atomic E-state index is 12.6. The van der Waals surface area contributed by atoms with Crippen molar-refractivity contribution in [2.45, 2.75) is 33.3 Å². The Labute approximate surface area is 208 Å². The number of carbonyl (C=O) groups excluding carboxylic acids is 3. The zero-order chi connectivity index (χ0) is 24.8. The summed E-state index contributed by atoms with van der Waals surface area (Å²) in [6.07, 6.45) is 1.10. The lowest BCUT2D eigenvalue weighted by molar-refractivity contribution is -0.151. The Morgan fingerprint density at radius 2 is 1.86 bits per heavy atom.